The van der Waals surface area contributed by atoms with E-state index in [9.17, 15) is 4.79 Å². The summed E-state index contributed by atoms with van der Waals surface area (Å²) in [6.07, 6.45) is 4.09. The molecular formula is C30H27N3OS. The van der Waals surface area contributed by atoms with Crippen LogP contribution in [-0.2, 0) is 6.42 Å². The number of hydrogen-bond donors (Lipinski definition) is 1. The van der Waals surface area contributed by atoms with Crippen molar-refractivity contribution in [2.24, 2.45) is 5.92 Å². The van der Waals surface area contributed by atoms with Crippen LogP contribution in [-0.4, -0.2) is 15.9 Å². The topological polar surface area (TPSA) is 54.9 Å². The molecule has 5 heteroatoms. The first-order valence-corrected chi connectivity index (χ1v) is 12.7. The number of benzene rings is 3. The lowest BCUT2D eigenvalue weighted by Gasteiger charge is -2.10. The van der Waals surface area contributed by atoms with Crippen molar-refractivity contribution in [1.82, 2.24) is 9.97 Å². The highest BCUT2D eigenvalue weighted by atomic mass is 32.1. The van der Waals surface area contributed by atoms with Gasteiger partial charge in [-0.1, -0.05) is 79.8 Å². The molecule has 0 saturated heterocycles. The smallest absolute Gasteiger partial charge is 0.255 e. The number of carbonyl (C=O) groups excluding carboxylic acids is 1. The normalized spacial score (nSPS) is 11.2. The highest BCUT2D eigenvalue weighted by Gasteiger charge is 2.15. The quantitative estimate of drug-likeness (QED) is 0.259. The van der Waals surface area contributed by atoms with Gasteiger partial charge in [-0.25, -0.2) is 9.97 Å². The third-order valence-electron chi connectivity index (χ3n) is 5.95. The van der Waals surface area contributed by atoms with Gasteiger partial charge in [-0.2, -0.15) is 0 Å². The molecule has 0 saturated carbocycles. The fraction of sp³-hybridized carbons (Fsp3) is 0.167. The van der Waals surface area contributed by atoms with Crippen LogP contribution in [0.5, 0.6) is 0 Å². The first kappa shape index (κ1) is 22.9. The van der Waals surface area contributed by atoms with Crippen molar-refractivity contribution in [1.29, 1.82) is 0 Å². The zero-order valence-electron chi connectivity index (χ0n) is 19.9. The standard InChI is InChI=1S/C30H27N3OS/c1-20(2)15-16-21-17-27-30(31-19-21)35-29(33-27)25-13-6-7-14-26(25)32-28(34)24-12-8-11-23(18-24)22-9-4-3-5-10-22/h3-14,17-20H,15-16H2,1-2H3,(H,32,34). The average Bonchev–Trinajstić information content (AvgIpc) is 3.31. The minimum Gasteiger partial charge on any atom is -0.321 e. The second-order valence-electron chi connectivity index (χ2n) is 9.07. The van der Waals surface area contributed by atoms with Gasteiger partial charge < -0.3 is 5.32 Å². The van der Waals surface area contributed by atoms with Crippen molar-refractivity contribution < 1.29 is 4.79 Å². The van der Waals surface area contributed by atoms with Gasteiger partial charge in [-0.15, -0.1) is 0 Å². The Morgan fingerprint density at radius 1 is 0.914 bits per heavy atom. The molecule has 0 aliphatic heterocycles. The van der Waals surface area contributed by atoms with Crippen molar-refractivity contribution >= 4 is 33.3 Å². The number of rotatable bonds is 7. The summed E-state index contributed by atoms with van der Waals surface area (Å²) in [5.41, 5.74) is 6.45. The molecule has 174 valence electrons. The number of thiazole rings is 1. The van der Waals surface area contributed by atoms with Gasteiger partial charge in [0.2, 0.25) is 0 Å². The number of aromatic nitrogens is 2. The van der Waals surface area contributed by atoms with E-state index in [0.717, 1.165) is 50.6 Å². The van der Waals surface area contributed by atoms with E-state index < -0.39 is 0 Å². The van der Waals surface area contributed by atoms with Crippen molar-refractivity contribution in [3.8, 4) is 21.7 Å². The van der Waals surface area contributed by atoms with Crippen LogP contribution in [0.3, 0.4) is 0 Å². The van der Waals surface area contributed by atoms with Crippen LogP contribution in [0.25, 0.3) is 32.0 Å². The lowest BCUT2D eigenvalue weighted by atomic mass is 10.0. The lowest BCUT2D eigenvalue weighted by molar-refractivity contribution is 0.102. The maximum absolute atomic E-state index is 13.2. The third-order valence-corrected chi connectivity index (χ3v) is 6.96. The van der Waals surface area contributed by atoms with Crippen molar-refractivity contribution in [3.63, 3.8) is 0 Å². The van der Waals surface area contributed by atoms with Crippen molar-refractivity contribution in [2.75, 3.05) is 5.32 Å². The minimum atomic E-state index is -0.148. The Morgan fingerprint density at radius 3 is 2.51 bits per heavy atom. The SMILES string of the molecule is CC(C)CCc1cnc2sc(-c3ccccc3NC(=O)c3cccc(-c4ccccc4)c3)nc2c1. The number of amides is 1. The molecule has 0 aliphatic carbocycles. The van der Waals surface area contributed by atoms with E-state index in [4.69, 9.17) is 4.98 Å². The fourth-order valence-corrected chi connectivity index (χ4v) is 4.95. The average molecular weight is 478 g/mol. The van der Waals surface area contributed by atoms with Crippen molar-refractivity contribution in [2.45, 2.75) is 26.7 Å². The van der Waals surface area contributed by atoms with Crippen LogP contribution in [0.15, 0.2) is 91.1 Å². The van der Waals surface area contributed by atoms with Crippen LogP contribution in [0.1, 0.15) is 36.2 Å². The Kier molecular flexibility index (Phi) is 6.68. The lowest BCUT2D eigenvalue weighted by Crippen LogP contribution is -2.12. The van der Waals surface area contributed by atoms with Crippen LogP contribution < -0.4 is 5.32 Å². The maximum atomic E-state index is 13.2. The molecule has 1 N–H and O–H groups in total. The Bertz CT molecular complexity index is 1470. The molecule has 0 aliphatic rings. The number of fused-ring (bicyclic) bond motifs is 1. The number of anilines is 1. The van der Waals surface area contributed by atoms with Crippen LogP contribution >= 0.6 is 11.3 Å². The van der Waals surface area contributed by atoms with Gasteiger partial charge in [0.15, 0.2) is 0 Å². The van der Waals surface area contributed by atoms with Gasteiger partial charge in [0.05, 0.1) is 5.69 Å². The van der Waals surface area contributed by atoms with E-state index in [0.29, 0.717) is 11.5 Å². The summed E-state index contributed by atoms with van der Waals surface area (Å²) in [7, 11) is 0. The highest BCUT2D eigenvalue weighted by molar-refractivity contribution is 7.21. The number of pyridine rings is 1. The van der Waals surface area contributed by atoms with E-state index in [1.807, 2.05) is 85.1 Å². The summed E-state index contributed by atoms with van der Waals surface area (Å²) in [6.45, 7) is 4.46. The van der Waals surface area contributed by atoms with E-state index >= 15 is 0 Å². The number of aryl methyl sites for hydroxylation is 1. The molecule has 2 aromatic heterocycles. The predicted molar refractivity (Wildman–Crippen MR) is 146 cm³/mol. The Balaban J connectivity index is 1.41. The van der Waals surface area contributed by atoms with E-state index in [2.05, 4.69) is 30.2 Å². The highest BCUT2D eigenvalue weighted by Crippen LogP contribution is 2.34. The zero-order chi connectivity index (χ0) is 24.2. The molecule has 35 heavy (non-hydrogen) atoms. The number of nitrogens with one attached hydrogen (secondary N) is 1. The van der Waals surface area contributed by atoms with E-state index in [1.165, 1.54) is 5.56 Å². The van der Waals surface area contributed by atoms with E-state index in [-0.39, 0.29) is 5.91 Å². The monoisotopic (exact) mass is 477 g/mol. The van der Waals surface area contributed by atoms with Gasteiger partial charge in [0, 0.05) is 17.3 Å². The Labute approximate surface area is 209 Å². The molecule has 5 rings (SSSR count). The second kappa shape index (κ2) is 10.2. The summed E-state index contributed by atoms with van der Waals surface area (Å²) in [4.78, 5) is 23.6. The molecule has 0 fully saturated rings. The molecule has 5 aromatic rings. The molecule has 0 unspecified atom stereocenters. The van der Waals surface area contributed by atoms with Gasteiger partial charge in [0.25, 0.3) is 5.91 Å². The second-order valence-corrected chi connectivity index (χ2v) is 10.0. The first-order chi connectivity index (χ1) is 17.1. The molecule has 0 radical (unpaired) electrons. The number of carbonyl (C=O) groups is 1. The maximum Gasteiger partial charge on any atom is 0.255 e. The first-order valence-electron chi connectivity index (χ1n) is 11.9. The third kappa shape index (κ3) is 5.31. The molecule has 0 bridgehead atoms. The fourth-order valence-electron chi connectivity index (χ4n) is 4.02. The number of para-hydroxylation sites is 1. The van der Waals surface area contributed by atoms with Gasteiger partial charge in [0.1, 0.15) is 15.4 Å². The molecular weight excluding hydrogens is 450 g/mol. The Morgan fingerprint density at radius 2 is 1.69 bits per heavy atom. The van der Waals surface area contributed by atoms with Gasteiger partial charge in [-0.3, -0.25) is 4.79 Å². The molecule has 3 aromatic carbocycles. The predicted octanol–water partition coefficient (Wildman–Crippen LogP) is 7.87. The molecule has 0 atom stereocenters. The summed E-state index contributed by atoms with van der Waals surface area (Å²) in [5.74, 6) is 0.506. The number of hydrogen-bond acceptors (Lipinski definition) is 4. The molecule has 2 heterocycles. The van der Waals surface area contributed by atoms with E-state index in [1.54, 1.807) is 11.3 Å². The molecule has 4 nitrogen and oxygen atoms in total. The summed E-state index contributed by atoms with van der Waals surface area (Å²) < 4.78 is 0. The van der Waals surface area contributed by atoms with Crippen LogP contribution in [0.2, 0.25) is 0 Å². The summed E-state index contributed by atoms with van der Waals surface area (Å²) >= 11 is 1.55. The summed E-state index contributed by atoms with van der Waals surface area (Å²) in [5, 5.41) is 3.95. The Hall–Kier alpha value is -3.83. The van der Waals surface area contributed by atoms with Crippen molar-refractivity contribution in [3.05, 3.63) is 102 Å². The minimum absolute atomic E-state index is 0.148. The largest absolute Gasteiger partial charge is 0.321 e. The number of nitrogens with zero attached hydrogens (tertiary/aromatic N) is 2. The summed E-state index contributed by atoms with van der Waals surface area (Å²) in [6, 6.07) is 27.7. The van der Waals surface area contributed by atoms with Gasteiger partial charge >= 0.3 is 0 Å². The zero-order valence-corrected chi connectivity index (χ0v) is 20.7. The van der Waals surface area contributed by atoms with Crippen LogP contribution in [0.4, 0.5) is 5.69 Å². The van der Waals surface area contributed by atoms with Gasteiger partial charge in [-0.05, 0) is 65.8 Å². The van der Waals surface area contributed by atoms with Crippen LogP contribution in [0, 0.1) is 5.92 Å². The molecule has 1 amide bonds. The molecule has 0 spiro atoms.